The zero-order chi connectivity index (χ0) is 20.5. The third kappa shape index (κ3) is 3.78. The van der Waals surface area contributed by atoms with Crippen LogP contribution in [0.4, 0.5) is 5.69 Å². The summed E-state index contributed by atoms with van der Waals surface area (Å²) in [6, 6.07) is 22.9. The second-order valence-corrected chi connectivity index (χ2v) is 8.66. The van der Waals surface area contributed by atoms with Crippen molar-refractivity contribution in [1.29, 1.82) is 0 Å². The lowest BCUT2D eigenvalue weighted by Crippen LogP contribution is -2.51. The fourth-order valence-electron chi connectivity index (χ4n) is 4.81. The molecule has 3 aromatic rings. The van der Waals surface area contributed by atoms with Gasteiger partial charge in [-0.25, -0.2) is 0 Å². The molecule has 0 radical (unpaired) electrons. The minimum Gasteiger partial charge on any atom is -0.368 e. The van der Waals surface area contributed by atoms with Crippen molar-refractivity contribution < 1.29 is 4.79 Å². The summed E-state index contributed by atoms with van der Waals surface area (Å²) in [7, 11) is 0. The zero-order valence-corrected chi connectivity index (χ0v) is 17.8. The SMILES string of the molecule is O=C(c1ccc(Cl)cc1)N1CCC(N2CCN(c3cccc4ccccc34)CC2)C1. The molecule has 5 rings (SSSR count). The lowest BCUT2D eigenvalue weighted by molar-refractivity contribution is 0.0775. The van der Waals surface area contributed by atoms with Crippen LogP contribution in [0.3, 0.4) is 0 Å². The number of rotatable bonds is 3. The smallest absolute Gasteiger partial charge is 0.253 e. The first kappa shape index (κ1) is 19.4. The van der Waals surface area contributed by atoms with Gasteiger partial charge >= 0.3 is 0 Å². The van der Waals surface area contributed by atoms with E-state index in [9.17, 15) is 4.79 Å². The number of nitrogens with zero attached hydrogens (tertiary/aromatic N) is 3. The van der Waals surface area contributed by atoms with Gasteiger partial charge in [0.25, 0.3) is 5.91 Å². The van der Waals surface area contributed by atoms with E-state index in [1.807, 2.05) is 17.0 Å². The minimum absolute atomic E-state index is 0.114. The average Bonchev–Trinajstić information content (AvgIpc) is 3.29. The number of hydrogen-bond acceptors (Lipinski definition) is 3. The molecule has 2 aliphatic heterocycles. The van der Waals surface area contributed by atoms with Crippen LogP contribution in [0.2, 0.25) is 5.02 Å². The minimum atomic E-state index is 0.114. The third-order valence-corrected chi connectivity index (χ3v) is 6.73. The van der Waals surface area contributed by atoms with Crippen molar-refractivity contribution in [2.24, 2.45) is 0 Å². The Balaban J connectivity index is 1.21. The molecular formula is C25H26ClN3O. The lowest BCUT2D eigenvalue weighted by Gasteiger charge is -2.39. The fraction of sp³-hybridized carbons (Fsp3) is 0.320. The maximum absolute atomic E-state index is 12.8. The summed E-state index contributed by atoms with van der Waals surface area (Å²) < 4.78 is 0. The highest BCUT2D eigenvalue weighted by molar-refractivity contribution is 6.30. The summed E-state index contributed by atoms with van der Waals surface area (Å²) in [5.74, 6) is 0.114. The molecule has 0 spiro atoms. The van der Waals surface area contributed by atoms with Crippen LogP contribution in [0.5, 0.6) is 0 Å². The number of anilines is 1. The highest BCUT2D eigenvalue weighted by Crippen LogP contribution is 2.28. The second kappa shape index (κ2) is 8.29. The van der Waals surface area contributed by atoms with Gasteiger partial charge in [0.1, 0.15) is 0 Å². The van der Waals surface area contributed by atoms with Crippen molar-refractivity contribution in [3.63, 3.8) is 0 Å². The Labute approximate surface area is 182 Å². The number of fused-ring (bicyclic) bond motifs is 1. The quantitative estimate of drug-likeness (QED) is 0.624. The summed E-state index contributed by atoms with van der Waals surface area (Å²) in [4.78, 5) is 19.9. The number of piperazine rings is 1. The molecule has 1 atom stereocenters. The van der Waals surface area contributed by atoms with Crippen LogP contribution in [0, 0.1) is 0 Å². The maximum atomic E-state index is 12.8. The first-order valence-electron chi connectivity index (χ1n) is 10.7. The Morgan fingerprint density at radius 1 is 0.833 bits per heavy atom. The highest BCUT2D eigenvalue weighted by Gasteiger charge is 2.32. The number of carbonyl (C=O) groups is 1. The van der Waals surface area contributed by atoms with Crippen LogP contribution in [0.15, 0.2) is 66.7 Å². The van der Waals surface area contributed by atoms with Crippen molar-refractivity contribution in [3.05, 3.63) is 77.3 Å². The van der Waals surface area contributed by atoms with E-state index < -0.39 is 0 Å². The second-order valence-electron chi connectivity index (χ2n) is 8.22. The van der Waals surface area contributed by atoms with E-state index >= 15 is 0 Å². The van der Waals surface area contributed by atoms with Crippen LogP contribution in [0.1, 0.15) is 16.8 Å². The van der Waals surface area contributed by atoms with Crippen molar-refractivity contribution in [3.8, 4) is 0 Å². The molecule has 0 aromatic heterocycles. The monoisotopic (exact) mass is 419 g/mol. The molecule has 0 aliphatic carbocycles. The van der Waals surface area contributed by atoms with Gasteiger partial charge in [-0.05, 0) is 42.1 Å². The largest absolute Gasteiger partial charge is 0.368 e. The van der Waals surface area contributed by atoms with E-state index in [1.54, 1.807) is 12.1 Å². The molecule has 2 fully saturated rings. The number of halogens is 1. The van der Waals surface area contributed by atoms with E-state index in [-0.39, 0.29) is 5.91 Å². The molecule has 2 saturated heterocycles. The molecule has 0 bridgehead atoms. The number of benzene rings is 3. The van der Waals surface area contributed by atoms with E-state index in [4.69, 9.17) is 11.6 Å². The Hall–Kier alpha value is -2.56. The number of hydrogen-bond donors (Lipinski definition) is 0. The zero-order valence-electron chi connectivity index (χ0n) is 17.0. The van der Waals surface area contributed by atoms with Gasteiger partial charge in [0, 0.05) is 67.0 Å². The molecule has 2 heterocycles. The summed E-state index contributed by atoms with van der Waals surface area (Å²) in [6.07, 6.45) is 1.05. The number of amides is 1. The summed E-state index contributed by atoms with van der Waals surface area (Å²) in [5.41, 5.74) is 2.06. The van der Waals surface area contributed by atoms with Crippen LogP contribution in [-0.4, -0.2) is 61.0 Å². The molecule has 1 unspecified atom stereocenters. The van der Waals surface area contributed by atoms with Crippen LogP contribution >= 0.6 is 11.6 Å². The summed E-state index contributed by atoms with van der Waals surface area (Å²) >= 11 is 5.95. The highest BCUT2D eigenvalue weighted by atomic mass is 35.5. The molecule has 4 nitrogen and oxygen atoms in total. The van der Waals surface area contributed by atoms with Crippen molar-refractivity contribution in [2.45, 2.75) is 12.5 Å². The molecule has 5 heteroatoms. The van der Waals surface area contributed by atoms with Gasteiger partial charge in [0.2, 0.25) is 0 Å². The molecule has 154 valence electrons. The van der Waals surface area contributed by atoms with Crippen molar-refractivity contribution >= 4 is 34.0 Å². The first-order valence-corrected chi connectivity index (χ1v) is 11.1. The molecule has 0 N–H and O–H groups in total. The van der Waals surface area contributed by atoms with Crippen LogP contribution < -0.4 is 4.90 Å². The predicted molar refractivity (Wildman–Crippen MR) is 123 cm³/mol. The predicted octanol–water partition coefficient (Wildman–Crippen LogP) is 4.53. The number of carbonyl (C=O) groups excluding carboxylic acids is 1. The maximum Gasteiger partial charge on any atom is 0.253 e. The van der Waals surface area contributed by atoms with Gasteiger partial charge in [-0.1, -0.05) is 48.0 Å². The van der Waals surface area contributed by atoms with Crippen LogP contribution in [-0.2, 0) is 0 Å². The Morgan fingerprint density at radius 3 is 2.37 bits per heavy atom. The summed E-state index contributed by atoms with van der Waals surface area (Å²) in [6.45, 7) is 5.77. The van der Waals surface area contributed by atoms with E-state index in [2.05, 4.69) is 52.3 Å². The topological polar surface area (TPSA) is 26.8 Å². The Bertz CT molecular complexity index is 1040. The van der Waals surface area contributed by atoms with Gasteiger partial charge in [0.15, 0.2) is 0 Å². The van der Waals surface area contributed by atoms with Gasteiger partial charge in [-0.3, -0.25) is 9.69 Å². The normalized spacial score (nSPS) is 20.1. The van der Waals surface area contributed by atoms with Gasteiger partial charge in [0.05, 0.1) is 0 Å². The first-order chi connectivity index (χ1) is 14.7. The average molecular weight is 420 g/mol. The molecule has 0 saturated carbocycles. The Kier molecular flexibility index (Phi) is 5.36. The van der Waals surface area contributed by atoms with E-state index in [0.29, 0.717) is 11.1 Å². The lowest BCUT2D eigenvalue weighted by atomic mass is 10.1. The van der Waals surface area contributed by atoms with Crippen molar-refractivity contribution in [2.75, 3.05) is 44.2 Å². The molecule has 2 aliphatic rings. The number of likely N-dealkylation sites (tertiary alicyclic amines) is 1. The molecular weight excluding hydrogens is 394 g/mol. The fourth-order valence-corrected chi connectivity index (χ4v) is 4.94. The van der Waals surface area contributed by atoms with Gasteiger partial charge in [-0.2, -0.15) is 0 Å². The molecule has 3 aromatic carbocycles. The van der Waals surface area contributed by atoms with Crippen molar-refractivity contribution in [1.82, 2.24) is 9.80 Å². The third-order valence-electron chi connectivity index (χ3n) is 6.48. The molecule has 30 heavy (non-hydrogen) atoms. The van der Waals surface area contributed by atoms with E-state index in [0.717, 1.165) is 51.3 Å². The Morgan fingerprint density at radius 2 is 1.57 bits per heavy atom. The summed E-state index contributed by atoms with van der Waals surface area (Å²) in [5, 5.41) is 3.29. The molecule has 1 amide bonds. The van der Waals surface area contributed by atoms with Crippen LogP contribution in [0.25, 0.3) is 10.8 Å². The van der Waals surface area contributed by atoms with E-state index in [1.165, 1.54) is 16.5 Å². The van der Waals surface area contributed by atoms with Gasteiger partial charge in [-0.15, -0.1) is 0 Å². The standard InChI is InChI=1S/C25H26ClN3O/c26-21-10-8-20(9-11-21)25(30)29-13-12-22(18-29)27-14-16-28(17-15-27)24-7-3-5-19-4-1-2-6-23(19)24/h1-11,22H,12-18H2. The van der Waals surface area contributed by atoms with Gasteiger partial charge < -0.3 is 9.80 Å².